The van der Waals surface area contributed by atoms with Crippen molar-refractivity contribution in [2.45, 2.75) is 273 Å². The van der Waals surface area contributed by atoms with Crippen molar-refractivity contribution in [2.75, 3.05) is 97.8 Å². The summed E-state index contributed by atoms with van der Waals surface area (Å²) in [5.41, 5.74) is 0. The van der Waals surface area contributed by atoms with Crippen LogP contribution in [0, 0.1) is 0 Å². The molecule has 1 aliphatic heterocycles. The second-order valence-corrected chi connectivity index (χ2v) is 27.3. The summed E-state index contributed by atoms with van der Waals surface area (Å²) < 4.78 is 82.7. The largest absolute Gasteiger partial charge is 0.344 e. The van der Waals surface area contributed by atoms with Crippen molar-refractivity contribution < 1.29 is 40.8 Å². The van der Waals surface area contributed by atoms with Gasteiger partial charge in [0.2, 0.25) is 0 Å². The highest BCUT2D eigenvalue weighted by atomic mass is 31.2. The average molecular weight is 1080 g/mol. The summed E-state index contributed by atoms with van der Waals surface area (Å²) in [4.78, 5) is 6.60. The summed E-state index contributed by atoms with van der Waals surface area (Å²) in [6.45, 7) is 19.3. The third-order valence-electron chi connectivity index (χ3n) is 14.0. The number of hydrogen-bond acceptors (Lipinski definition) is 12. The molecule has 0 N–H and O–H groups in total. The molecule has 1 saturated heterocycles. The molecule has 0 radical (unpaired) electrons. The topological polar surface area (TPSA) is 116 Å². The van der Waals surface area contributed by atoms with E-state index in [9.17, 15) is 13.7 Å². The molecular weight excluding hydrogens is 964 g/mol. The van der Waals surface area contributed by atoms with E-state index in [1.807, 2.05) is 0 Å². The molecule has 72 heavy (non-hydrogen) atoms. The van der Waals surface area contributed by atoms with Gasteiger partial charge in [-0.3, -0.25) is 28.4 Å². The second kappa shape index (κ2) is 49.6. The smallest absolute Gasteiger partial charge is 0.308 e. The van der Waals surface area contributed by atoms with Gasteiger partial charge in [-0.1, -0.05) is 234 Å². The van der Waals surface area contributed by atoms with E-state index in [4.69, 9.17) is 27.1 Å². The Morgan fingerprint density at radius 1 is 0.236 bits per heavy atom. The van der Waals surface area contributed by atoms with Gasteiger partial charge in [-0.05, 0) is 38.5 Å². The predicted molar refractivity (Wildman–Crippen MR) is 308 cm³/mol. The van der Waals surface area contributed by atoms with Crippen LogP contribution in [0.3, 0.4) is 0 Å². The number of unbranched alkanes of at least 4 members (excludes halogenated alkanes) is 30. The fraction of sp³-hybridized carbons (Fsp3) is 1.00. The lowest BCUT2D eigenvalue weighted by molar-refractivity contribution is 0.165. The second-order valence-electron chi connectivity index (χ2n) is 21.2. The van der Waals surface area contributed by atoms with Gasteiger partial charge in [0.25, 0.3) is 0 Å². The van der Waals surface area contributed by atoms with Crippen LogP contribution >= 0.6 is 22.8 Å². The maximum atomic E-state index is 14.9. The summed E-state index contributed by atoms with van der Waals surface area (Å²) in [7, 11) is -10.5. The lowest BCUT2D eigenvalue weighted by Crippen LogP contribution is -2.37. The van der Waals surface area contributed by atoms with E-state index in [0.29, 0.717) is 78.9 Å². The molecule has 12 nitrogen and oxygen atoms in total. The number of rotatable bonds is 54. The van der Waals surface area contributed by atoms with E-state index >= 15 is 0 Å². The molecule has 432 valence electrons. The van der Waals surface area contributed by atoms with Gasteiger partial charge < -0.3 is 27.1 Å². The molecule has 1 heterocycles. The minimum Gasteiger partial charge on any atom is -0.308 e. The summed E-state index contributed by atoms with van der Waals surface area (Å²) in [5.74, 6) is 0. The summed E-state index contributed by atoms with van der Waals surface area (Å²) in [5, 5.41) is 0. The highest BCUT2D eigenvalue weighted by Gasteiger charge is 2.34. The molecule has 0 aliphatic carbocycles. The van der Waals surface area contributed by atoms with E-state index in [2.05, 4.69) is 56.2 Å². The molecule has 1 aliphatic rings. The Morgan fingerprint density at radius 3 is 0.528 bits per heavy atom. The minimum absolute atomic E-state index is 0.168. The van der Waals surface area contributed by atoms with Crippen molar-refractivity contribution in [3.8, 4) is 0 Å². The zero-order valence-electron chi connectivity index (χ0n) is 48.4. The molecule has 0 atom stereocenters. The SMILES string of the molecule is CCCCCCCCOP(=O)(CN1CCN(CP(=O)(OCCCCCCCC)OCCCCCCCC)CCN(CP(=O)(OCCCCCCCC)OCCCCCCCC)CC1)OCCCCCCCC. The number of hydrogen-bond donors (Lipinski definition) is 0. The fourth-order valence-electron chi connectivity index (χ4n) is 9.22. The van der Waals surface area contributed by atoms with Crippen LogP contribution in [0.15, 0.2) is 0 Å². The first-order valence-electron chi connectivity index (χ1n) is 30.9. The summed E-state index contributed by atoms with van der Waals surface area (Å²) in [6, 6.07) is 0. The number of nitrogens with zero attached hydrogens (tertiary/aromatic N) is 3. The van der Waals surface area contributed by atoms with Gasteiger partial charge in [-0.25, -0.2) is 0 Å². The Hall–Kier alpha value is 0.330. The maximum absolute atomic E-state index is 14.9. The van der Waals surface area contributed by atoms with E-state index in [1.165, 1.54) is 116 Å². The van der Waals surface area contributed by atoms with Crippen LogP contribution < -0.4 is 0 Å². The first kappa shape index (κ1) is 70.3. The monoisotopic (exact) mass is 1080 g/mol. The van der Waals surface area contributed by atoms with E-state index in [-0.39, 0.29) is 18.9 Å². The molecule has 0 aromatic rings. The van der Waals surface area contributed by atoms with Crippen molar-refractivity contribution >= 4 is 22.8 Å². The third-order valence-corrected chi connectivity index (χ3v) is 19.7. The van der Waals surface area contributed by atoms with Crippen LogP contribution in [-0.2, 0) is 40.8 Å². The highest BCUT2D eigenvalue weighted by Crippen LogP contribution is 2.52. The molecule has 0 bridgehead atoms. The predicted octanol–water partition coefficient (Wildman–Crippen LogP) is 18.6. The molecule has 15 heteroatoms. The van der Waals surface area contributed by atoms with Gasteiger partial charge >= 0.3 is 22.8 Å². The molecule has 0 aromatic carbocycles. The summed E-state index contributed by atoms with van der Waals surface area (Å²) in [6.07, 6.45) is 40.8. The Morgan fingerprint density at radius 2 is 0.375 bits per heavy atom. The molecule has 0 unspecified atom stereocenters. The van der Waals surface area contributed by atoms with E-state index < -0.39 is 22.8 Å². The third kappa shape index (κ3) is 41.4. The van der Waals surface area contributed by atoms with Gasteiger partial charge in [0.1, 0.15) is 18.9 Å². The Balaban J connectivity index is 3.46. The van der Waals surface area contributed by atoms with E-state index in [1.54, 1.807) is 0 Å². The lowest BCUT2D eigenvalue weighted by atomic mass is 10.1. The normalized spacial score (nSPS) is 15.1. The quantitative estimate of drug-likeness (QED) is 0.0426. The van der Waals surface area contributed by atoms with Crippen LogP contribution in [-0.4, -0.2) is 112 Å². The minimum atomic E-state index is -3.51. The molecule has 0 aromatic heterocycles. The van der Waals surface area contributed by atoms with Gasteiger partial charge in [0.05, 0.1) is 39.6 Å². The van der Waals surface area contributed by atoms with Gasteiger partial charge in [-0.2, -0.15) is 0 Å². The van der Waals surface area contributed by atoms with Crippen molar-refractivity contribution in [3.05, 3.63) is 0 Å². The van der Waals surface area contributed by atoms with Crippen LogP contribution in [0.2, 0.25) is 0 Å². The zero-order valence-corrected chi connectivity index (χ0v) is 51.1. The average Bonchev–Trinajstić information content (AvgIpc) is 3.45. The van der Waals surface area contributed by atoms with E-state index in [0.717, 1.165) is 116 Å². The molecule has 0 saturated carbocycles. The lowest BCUT2D eigenvalue weighted by Gasteiger charge is -2.30. The summed E-state index contributed by atoms with van der Waals surface area (Å²) >= 11 is 0. The Kier molecular flexibility index (Phi) is 48.5. The fourth-order valence-corrected chi connectivity index (χ4v) is 14.7. The van der Waals surface area contributed by atoms with Crippen molar-refractivity contribution in [2.24, 2.45) is 0 Å². The standard InChI is InChI=1S/C57H120N3O9P3/c1-7-13-19-25-31-37-49-64-70(61,65-50-38-32-26-20-14-8-2)55-58-43-45-59(56-71(62,66-51-39-33-27-21-15-9-3)67-52-40-34-28-22-16-10-4)47-48-60(46-44-58)57-72(63,68-53-41-35-29-23-17-11-5)69-54-42-36-30-24-18-12-6/h7-57H2,1-6H3. The van der Waals surface area contributed by atoms with Crippen molar-refractivity contribution in [1.82, 2.24) is 14.7 Å². The molecule has 0 spiro atoms. The van der Waals surface area contributed by atoms with Gasteiger partial charge in [0.15, 0.2) is 0 Å². The van der Waals surface area contributed by atoms with Gasteiger partial charge in [0, 0.05) is 39.3 Å². The molecule has 0 amide bonds. The van der Waals surface area contributed by atoms with Crippen LogP contribution in [0.4, 0.5) is 0 Å². The van der Waals surface area contributed by atoms with Crippen molar-refractivity contribution in [1.29, 1.82) is 0 Å². The zero-order chi connectivity index (χ0) is 52.5. The Labute approximate surface area is 447 Å². The van der Waals surface area contributed by atoms with Gasteiger partial charge in [-0.15, -0.1) is 0 Å². The van der Waals surface area contributed by atoms with Crippen LogP contribution in [0.1, 0.15) is 273 Å². The maximum Gasteiger partial charge on any atom is 0.344 e. The highest BCUT2D eigenvalue weighted by molar-refractivity contribution is 7.54. The molecule has 1 fully saturated rings. The van der Waals surface area contributed by atoms with Crippen molar-refractivity contribution in [3.63, 3.8) is 0 Å². The molecule has 1 rings (SSSR count). The first-order valence-corrected chi connectivity index (χ1v) is 36.1. The molecular formula is C57H120N3O9P3. The Bertz CT molecular complexity index is 1090. The van der Waals surface area contributed by atoms with Crippen LogP contribution in [0.25, 0.3) is 0 Å². The van der Waals surface area contributed by atoms with Crippen LogP contribution in [0.5, 0.6) is 0 Å². The first-order chi connectivity index (χ1) is 35.1.